The predicted octanol–water partition coefficient (Wildman–Crippen LogP) is 3.67. The molecular weight excluding hydrogens is 330 g/mol. The molecule has 1 aliphatic rings. The third-order valence-corrected chi connectivity index (χ3v) is 4.48. The minimum absolute atomic E-state index is 0.0697. The van der Waals surface area contributed by atoms with Gasteiger partial charge in [0.15, 0.2) is 0 Å². The number of aryl methyl sites for hydroxylation is 1. The lowest BCUT2D eigenvalue weighted by molar-refractivity contribution is 0.102. The first-order valence-electron chi connectivity index (χ1n) is 8.60. The average molecular weight is 349 g/mol. The van der Waals surface area contributed by atoms with Gasteiger partial charge in [0.1, 0.15) is 0 Å². The number of amides is 1. The molecule has 0 bridgehead atoms. The van der Waals surface area contributed by atoms with Gasteiger partial charge in [0.2, 0.25) is 11.7 Å². The molecule has 6 nitrogen and oxygen atoms in total. The Hall–Kier alpha value is -2.99. The van der Waals surface area contributed by atoms with Crippen molar-refractivity contribution in [3.63, 3.8) is 0 Å². The molecule has 1 saturated carbocycles. The molecule has 1 heterocycles. The van der Waals surface area contributed by atoms with E-state index in [4.69, 9.17) is 4.52 Å². The zero-order valence-electron chi connectivity index (χ0n) is 14.4. The number of hydrogen-bond acceptors (Lipinski definition) is 5. The molecule has 1 aromatic heterocycles. The van der Waals surface area contributed by atoms with E-state index < -0.39 is 0 Å². The van der Waals surface area contributed by atoms with Crippen LogP contribution in [0, 0.1) is 6.92 Å². The number of rotatable bonds is 5. The summed E-state index contributed by atoms with van der Waals surface area (Å²) >= 11 is 0. The Balaban J connectivity index is 1.56. The first-order chi connectivity index (χ1) is 12.6. The van der Waals surface area contributed by atoms with Crippen molar-refractivity contribution in [1.82, 2.24) is 10.1 Å². The number of benzene rings is 2. The van der Waals surface area contributed by atoms with E-state index in [-0.39, 0.29) is 12.5 Å². The van der Waals surface area contributed by atoms with Crippen molar-refractivity contribution in [2.24, 2.45) is 0 Å². The lowest BCUT2D eigenvalue weighted by Gasteiger charge is -2.10. The molecular formula is C20H19N3O3. The Morgan fingerprint density at radius 2 is 2.12 bits per heavy atom. The van der Waals surface area contributed by atoms with Crippen molar-refractivity contribution >= 4 is 11.6 Å². The molecule has 0 unspecified atom stereocenters. The Labute approximate surface area is 150 Å². The van der Waals surface area contributed by atoms with Crippen LogP contribution in [-0.2, 0) is 6.61 Å². The Kier molecular flexibility index (Phi) is 4.26. The van der Waals surface area contributed by atoms with Gasteiger partial charge in [-0.2, -0.15) is 4.98 Å². The van der Waals surface area contributed by atoms with Gasteiger partial charge in [-0.1, -0.05) is 29.4 Å². The van der Waals surface area contributed by atoms with Gasteiger partial charge in [0.25, 0.3) is 5.91 Å². The maximum atomic E-state index is 12.6. The minimum Gasteiger partial charge on any atom is -0.392 e. The standard InChI is InChI=1S/C20H19N3O3/c1-12-5-6-13(11-24)9-17(12)21-19(25)16-4-2-3-15(10-16)18-22-20(26-23-18)14-7-8-14/h2-6,9-10,14,24H,7-8,11H2,1H3,(H,21,25). The highest BCUT2D eigenvalue weighted by Crippen LogP contribution is 2.39. The largest absolute Gasteiger partial charge is 0.392 e. The zero-order chi connectivity index (χ0) is 18.1. The number of aromatic nitrogens is 2. The van der Waals surface area contributed by atoms with Crippen LogP contribution in [0.2, 0.25) is 0 Å². The third kappa shape index (κ3) is 3.36. The van der Waals surface area contributed by atoms with Crippen LogP contribution < -0.4 is 5.32 Å². The molecule has 132 valence electrons. The number of carbonyl (C=O) groups is 1. The molecule has 0 radical (unpaired) electrons. The summed E-state index contributed by atoms with van der Waals surface area (Å²) in [6, 6.07) is 12.6. The number of carbonyl (C=O) groups excluding carboxylic acids is 1. The maximum absolute atomic E-state index is 12.6. The average Bonchev–Trinajstić information content (AvgIpc) is 3.40. The SMILES string of the molecule is Cc1ccc(CO)cc1NC(=O)c1cccc(-c2noc(C3CC3)n2)c1. The van der Waals surface area contributed by atoms with Gasteiger partial charge in [0.05, 0.1) is 6.61 Å². The van der Waals surface area contributed by atoms with Crippen LogP contribution in [-0.4, -0.2) is 21.2 Å². The Morgan fingerprint density at radius 1 is 1.27 bits per heavy atom. The highest BCUT2D eigenvalue weighted by Gasteiger charge is 2.29. The van der Waals surface area contributed by atoms with Gasteiger partial charge in [-0.25, -0.2) is 0 Å². The predicted molar refractivity (Wildman–Crippen MR) is 96.8 cm³/mol. The second-order valence-electron chi connectivity index (χ2n) is 6.57. The highest BCUT2D eigenvalue weighted by atomic mass is 16.5. The summed E-state index contributed by atoms with van der Waals surface area (Å²) in [6.07, 6.45) is 2.19. The van der Waals surface area contributed by atoms with Gasteiger partial charge >= 0.3 is 0 Å². The summed E-state index contributed by atoms with van der Waals surface area (Å²) in [5.41, 5.74) is 3.61. The molecule has 6 heteroatoms. The fraction of sp³-hybridized carbons (Fsp3) is 0.250. The van der Waals surface area contributed by atoms with E-state index in [1.54, 1.807) is 24.3 Å². The first kappa shape index (κ1) is 16.5. The van der Waals surface area contributed by atoms with Crippen LogP contribution in [0.3, 0.4) is 0 Å². The van der Waals surface area contributed by atoms with E-state index in [0.29, 0.717) is 28.9 Å². The second kappa shape index (κ2) is 6.72. The fourth-order valence-electron chi connectivity index (χ4n) is 2.74. The zero-order valence-corrected chi connectivity index (χ0v) is 14.4. The molecule has 1 amide bonds. The van der Waals surface area contributed by atoms with Crippen LogP contribution in [0.25, 0.3) is 11.4 Å². The van der Waals surface area contributed by atoms with E-state index in [1.807, 2.05) is 25.1 Å². The van der Waals surface area contributed by atoms with E-state index in [0.717, 1.165) is 29.5 Å². The summed E-state index contributed by atoms with van der Waals surface area (Å²) in [7, 11) is 0. The quantitative estimate of drug-likeness (QED) is 0.734. The molecule has 26 heavy (non-hydrogen) atoms. The summed E-state index contributed by atoms with van der Waals surface area (Å²) in [6.45, 7) is 1.84. The Morgan fingerprint density at radius 3 is 2.88 bits per heavy atom. The van der Waals surface area contributed by atoms with Crippen molar-refractivity contribution in [3.8, 4) is 11.4 Å². The maximum Gasteiger partial charge on any atom is 0.255 e. The molecule has 0 atom stereocenters. The van der Waals surface area contributed by atoms with Crippen molar-refractivity contribution in [2.75, 3.05) is 5.32 Å². The highest BCUT2D eigenvalue weighted by molar-refractivity contribution is 6.05. The molecule has 0 aliphatic heterocycles. The molecule has 4 rings (SSSR count). The molecule has 0 spiro atoms. The summed E-state index contributed by atoms with van der Waals surface area (Å²) < 4.78 is 5.29. The van der Waals surface area contributed by atoms with Gasteiger partial charge in [-0.05, 0) is 49.1 Å². The van der Waals surface area contributed by atoms with Gasteiger partial charge in [0, 0.05) is 22.7 Å². The number of hydrogen-bond donors (Lipinski definition) is 2. The van der Waals surface area contributed by atoms with E-state index in [2.05, 4.69) is 15.5 Å². The van der Waals surface area contributed by atoms with Crippen molar-refractivity contribution in [1.29, 1.82) is 0 Å². The van der Waals surface area contributed by atoms with Crippen molar-refractivity contribution < 1.29 is 14.4 Å². The lowest BCUT2D eigenvalue weighted by atomic mass is 10.1. The number of nitrogens with one attached hydrogen (secondary N) is 1. The molecule has 1 fully saturated rings. The summed E-state index contributed by atoms with van der Waals surface area (Å²) in [5.74, 6) is 1.34. The number of aliphatic hydroxyl groups is 1. The van der Waals surface area contributed by atoms with Crippen molar-refractivity contribution in [2.45, 2.75) is 32.3 Å². The lowest BCUT2D eigenvalue weighted by Crippen LogP contribution is -2.13. The second-order valence-corrected chi connectivity index (χ2v) is 6.57. The van der Waals surface area contributed by atoms with Gasteiger partial charge < -0.3 is 14.9 Å². The van der Waals surface area contributed by atoms with E-state index in [9.17, 15) is 9.90 Å². The Bertz CT molecular complexity index is 960. The summed E-state index contributed by atoms with van der Waals surface area (Å²) in [4.78, 5) is 17.1. The van der Waals surface area contributed by atoms with Gasteiger partial charge in [-0.15, -0.1) is 0 Å². The normalized spacial score (nSPS) is 13.6. The number of aliphatic hydroxyl groups excluding tert-OH is 1. The fourth-order valence-corrected chi connectivity index (χ4v) is 2.74. The first-order valence-corrected chi connectivity index (χ1v) is 8.60. The molecule has 0 saturated heterocycles. The molecule has 2 aromatic carbocycles. The van der Waals surface area contributed by atoms with Crippen LogP contribution in [0.4, 0.5) is 5.69 Å². The van der Waals surface area contributed by atoms with Crippen LogP contribution in [0.1, 0.15) is 46.1 Å². The topological polar surface area (TPSA) is 88.2 Å². The van der Waals surface area contributed by atoms with Crippen LogP contribution >= 0.6 is 0 Å². The molecule has 1 aliphatic carbocycles. The van der Waals surface area contributed by atoms with Crippen molar-refractivity contribution in [3.05, 3.63) is 65.0 Å². The number of nitrogens with zero attached hydrogens (tertiary/aromatic N) is 2. The van der Waals surface area contributed by atoms with E-state index >= 15 is 0 Å². The third-order valence-electron chi connectivity index (χ3n) is 4.48. The van der Waals surface area contributed by atoms with Crippen LogP contribution in [0.5, 0.6) is 0 Å². The minimum atomic E-state index is -0.226. The monoisotopic (exact) mass is 349 g/mol. The smallest absolute Gasteiger partial charge is 0.255 e. The molecule has 3 aromatic rings. The summed E-state index contributed by atoms with van der Waals surface area (Å²) in [5, 5.41) is 16.2. The number of anilines is 1. The van der Waals surface area contributed by atoms with Crippen LogP contribution in [0.15, 0.2) is 47.0 Å². The van der Waals surface area contributed by atoms with Gasteiger partial charge in [-0.3, -0.25) is 4.79 Å². The van der Waals surface area contributed by atoms with E-state index in [1.165, 1.54) is 0 Å². The molecule has 2 N–H and O–H groups in total.